The number of hydrogen-bond acceptors (Lipinski definition) is 6. The van der Waals surface area contributed by atoms with E-state index in [1.54, 1.807) is 21.8 Å². The summed E-state index contributed by atoms with van der Waals surface area (Å²) in [5.41, 5.74) is 2.21. The molecule has 0 bridgehead atoms. The monoisotopic (exact) mass is 433 g/mol. The summed E-state index contributed by atoms with van der Waals surface area (Å²) in [7, 11) is 1.81. The standard InChI is InChI=1S/C20H24ClN5O2S/c1-14-15(21)4-5-17-18(14)22-20(29-17)26(19(27)16-6-9-24(2)23-16)8-3-7-25-10-12-28-13-11-25/h4-6,9H,3,7-8,10-13H2,1-2H3. The normalized spacial score (nSPS) is 15.1. The van der Waals surface area contributed by atoms with E-state index >= 15 is 0 Å². The minimum Gasteiger partial charge on any atom is -0.379 e. The van der Waals surface area contributed by atoms with Crippen LogP contribution in [0.2, 0.25) is 5.02 Å². The number of benzene rings is 1. The van der Waals surface area contributed by atoms with Gasteiger partial charge in [0.1, 0.15) is 0 Å². The molecule has 1 saturated heterocycles. The van der Waals surface area contributed by atoms with Gasteiger partial charge < -0.3 is 4.74 Å². The summed E-state index contributed by atoms with van der Waals surface area (Å²) in [6.07, 6.45) is 2.63. The van der Waals surface area contributed by atoms with Gasteiger partial charge >= 0.3 is 0 Å². The lowest BCUT2D eigenvalue weighted by molar-refractivity contribution is 0.0376. The van der Waals surface area contributed by atoms with Crippen molar-refractivity contribution in [3.8, 4) is 0 Å². The van der Waals surface area contributed by atoms with Gasteiger partial charge in [0.25, 0.3) is 5.91 Å². The van der Waals surface area contributed by atoms with Crippen molar-refractivity contribution in [2.24, 2.45) is 7.05 Å². The molecule has 3 aromatic rings. The predicted molar refractivity (Wildman–Crippen MR) is 116 cm³/mol. The van der Waals surface area contributed by atoms with Crippen molar-refractivity contribution in [2.45, 2.75) is 13.3 Å². The van der Waals surface area contributed by atoms with Crippen LogP contribution in [0.25, 0.3) is 10.2 Å². The number of fused-ring (bicyclic) bond motifs is 1. The molecule has 9 heteroatoms. The van der Waals surface area contributed by atoms with Crippen molar-refractivity contribution in [3.05, 3.63) is 40.7 Å². The molecule has 1 aliphatic heterocycles. The fraction of sp³-hybridized carbons (Fsp3) is 0.450. The molecular weight excluding hydrogens is 410 g/mol. The smallest absolute Gasteiger partial charge is 0.280 e. The van der Waals surface area contributed by atoms with E-state index < -0.39 is 0 Å². The fourth-order valence-corrected chi connectivity index (χ4v) is 4.63. The highest BCUT2D eigenvalue weighted by molar-refractivity contribution is 7.22. The summed E-state index contributed by atoms with van der Waals surface area (Å²) >= 11 is 7.77. The van der Waals surface area contributed by atoms with Crippen molar-refractivity contribution in [3.63, 3.8) is 0 Å². The largest absolute Gasteiger partial charge is 0.379 e. The van der Waals surface area contributed by atoms with Crippen LogP contribution < -0.4 is 4.90 Å². The molecule has 2 aromatic heterocycles. The van der Waals surface area contributed by atoms with E-state index in [4.69, 9.17) is 21.3 Å². The number of nitrogens with zero attached hydrogens (tertiary/aromatic N) is 5. The van der Waals surface area contributed by atoms with Crippen molar-refractivity contribution >= 4 is 44.2 Å². The molecule has 0 saturated carbocycles. The Morgan fingerprint density at radius 1 is 1.31 bits per heavy atom. The molecule has 29 heavy (non-hydrogen) atoms. The first-order chi connectivity index (χ1) is 14.0. The summed E-state index contributed by atoms with van der Waals surface area (Å²) in [4.78, 5) is 22.1. The van der Waals surface area contributed by atoms with Crippen LogP contribution in [0.15, 0.2) is 24.4 Å². The van der Waals surface area contributed by atoms with Crippen molar-refractivity contribution in [1.29, 1.82) is 0 Å². The van der Waals surface area contributed by atoms with Crippen LogP contribution >= 0.6 is 22.9 Å². The molecule has 0 aliphatic carbocycles. The number of carbonyl (C=O) groups is 1. The average molecular weight is 434 g/mol. The van der Waals surface area contributed by atoms with Gasteiger partial charge in [0.2, 0.25) is 0 Å². The molecule has 0 N–H and O–H groups in total. The lowest BCUT2D eigenvalue weighted by atomic mass is 10.2. The van der Waals surface area contributed by atoms with E-state index in [1.165, 1.54) is 11.3 Å². The third-order valence-electron chi connectivity index (χ3n) is 5.11. The van der Waals surface area contributed by atoms with Gasteiger partial charge in [-0.05, 0) is 37.1 Å². The Bertz CT molecular complexity index is 1010. The Kier molecular flexibility index (Phi) is 6.15. The maximum Gasteiger partial charge on any atom is 0.280 e. The number of amides is 1. The molecule has 0 atom stereocenters. The van der Waals surface area contributed by atoms with Crippen LogP contribution in [0.3, 0.4) is 0 Å². The van der Waals surface area contributed by atoms with E-state index in [9.17, 15) is 4.79 Å². The molecule has 0 unspecified atom stereocenters. The topological polar surface area (TPSA) is 63.5 Å². The van der Waals surface area contributed by atoms with Crippen molar-refractivity contribution in [2.75, 3.05) is 44.3 Å². The van der Waals surface area contributed by atoms with Crippen LogP contribution in [0.1, 0.15) is 22.5 Å². The zero-order chi connectivity index (χ0) is 20.4. The number of morpholine rings is 1. The van der Waals surface area contributed by atoms with Gasteiger partial charge in [0.15, 0.2) is 10.8 Å². The first-order valence-corrected chi connectivity index (χ1v) is 10.9. The Morgan fingerprint density at radius 2 is 2.10 bits per heavy atom. The molecule has 0 radical (unpaired) electrons. The zero-order valence-electron chi connectivity index (χ0n) is 16.6. The Hall–Kier alpha value is -2.00. The maximum atomic E-state index is 13.2. The average Bonchev–Trinajstić information content (AvgIpc) is 3.35. The van der Waals surface area contributed by atoms with Gasteiger partial charge in [0, 0.05) is 44.4 Å². The minimum atomic E-state index is -0.129. The quantitative estimate of drug-likeness (QED) is 0.596. The first kappa shape index (κ1) is 20.3. The summed E-state index contributed by atoms with van der Waals surface area (Å²) < 4.78 is 8.08. The SMILES string of the molecule is Cc1c(Cl)ccc2sc(N(CCCN3CCOCC3)C(=O)c3ccn(C)n3)nc12. The molecule has 1 aromatic carbocycles. The number of aromatic nitrogens is 3. The predicted octanol–water partition coefficient (Wildman–Crippen LogP) is 3.36. The number of carbonyl (C=O) groups excluding carboxylic acids is 1. The van der Waals surface area contributed by atoms with Crippen LogP contribution in [0, 0.1) is 6.92 Å². The highest BCUT2D eigenvalue weighted by Crippen LogP contribution is 2.34. The highest BCUT2D eigenvalue weighted by atomic mass is 35.5. The highest BCUT2D eigenvalue weighted by Gasteiger charge is 2.24. The van der Waals surface area contributed by atoms with E-state index in [0.29, 0.717) is 22.4 Å². The molecule has 0 spiro atoms. The van der Waals surface area contributed by atoms with Gasteiger partial charge in [-0.3, -0.25) is 19.3 Å². The van der Waals surface area contributed by atoms with Gasteiger partial charge in [0.05, 0.1) is 23.4 Å². The number of aryl methyl sites for hydroxylation is 2. The maximum absolute atomic E-state index is 13.2. The summed E-state index contributed by atoms with van der Waals surface area (Å²) in [5, 5.41) is 5.66. The van der Waals surface area contributed by atoms with Crippen LogP contribution in [0.4, 0.5) is 5.13 Å². The molecule has 1 aliphatic rings. The van der Waals surface area contributed by atoms with Gasteiger partial charge in [-0.2, -0.15) is 5.10 Å². The van der Waals surface area contributed by atoms with Gasteiger partial charge in [-0.15, -0.1) is 0 Å². The second-order valence-corrected chi connectivity index (χ2v) is 8.57. The van der Waals surface area contributed by atoms with Crippen LogP contribution in [-0.2, 0) is 11.8 Å². The number of anilines is 1. The second kappa shape index (κ2) is 8.79. The van der Waals surface area contributed by atoms with E-state index in [0.717, 1.165) is 55.0 Å². The van der Waals surface area contributed by atoms with Gasteiger partial charge in [-0.25, -0.2) is 4.98 Å². The number of halogens is 1. The summed E-state index contributed by atoms with van der Waals surface area (Å²) in [6.45, 7) is 6.88. The molecule has 1 fully saturated rings. The van der Waals surface area contributed by atoms with E-state index in [1.807, 2.05) is 26.1 Å². The molecule has 7 nitrogen and oxygen atoms in total. The Morgan fingerprint density at radius 3 is 2.83 bits per heavy atom. The third kappa shape index (κ3) is 4.45. The number of thiazole rings is 1. The fourth-order valence-electron chi connectivity index (χ4n) is 3.43. The molecule has 1 amide bonds. The van der Waals surface area contributed by atoms with Crippen LogP contribution in [0.5, 0.6) is 0 Å². The van der Waals surface area contributed by atoms with Crippen molar-refractivity contribution < 1.29 is 9.53 Å². The number of ether oxygens (including phenoxy) is 1. The summed E-state index contributed by atoms with van der Waals surface area (Å²) in [5.74, 6) is -0.129. The molecule has 3 heterocycles. The lowest BCUT2D eigenvalue weighted by Crippen LogP contribution is -2.39. The molecule has 4 rings (SSSR count). The first-order valence-electron chi connectivity index (χ1n) is 9.70. The third-order valence-corrected chi connectivity index (χ3v) is 6.56. The molecular formula is C20H24ClN5O2S. The number of rotatable bonds is 6. The summed E-state index contributed by atoms with van der Waals surface area (Å²) in [6, 6.07) is 5.58. The van der Waals surface area contributed by atoms with Gasteiger partial charge in [-0.1, -0.05) is 22.9 Å². The Labute approximate surface area is 178 Å². The minimum absolute atomic E-state index is 0.129. The Balaban J connectivity index is 1.58. The molecule has 154 valence electrons. The van der Waals surface area contributed by atoms with Crippen molar-refractivity contribution in [1.82, 2.24) is 19.7 Å². The lowest BCUT2D eigenvalue weighted by Gasteiger charge is -2.27. The number of hydrogen-bond donors (Lipinski definition) is 0. The second-order valence-electron chi connectivity index (χ2n) is 7.15. The van der Waals surface area contributed by atoms with Crippen LogP contribution in [-0.4, -0.2) is 65.0 Å². The van der Waals surface area contributed by atoms with E-state index in [2.05, 4.69) is 10.00 Å². The van der Waals surface area contributed by atoms with E-state index in [-0.39, 0.29) is 5.91 Å². The zero-order valence-corrected chi connectivity index (χ0v) is 18.2.